The predicted molar refractivity (Wildman–Crippen MR) is 153 cm³/mol. The highest BCUT2D eigenvalue weighted by Gasteiger charge is 2.40. The second-order valence-corrected chi connectivity index (χ2v) is 12.3. The first-order valence-electron chi connectivity index (χ1n) is 13.2. The van der Waals surface area contributed by atoms with Crippen LogP contribution in [0.25, 0.3) is 0 Å². The average molecular weight is 604 g/mol. The Morgan fingerprint density at radius 3 is 2.10 bits per heavy atom. The van der Waals surface area contributed by atoms with Gasteiger partial charge in [0.05, 0.1) is 26.9 Å². The van der Waals surface area contributed by atoms with Crippen LogP contribution < -0.4 is 9.47 Å². The third kappa shape index (κ3) is 12.4. The van der Waals surface area contributed by atoms with E-state index in [2.05, 4.69) is 6.07 Å². The van der Waals surface area contributed by atoms with E-state index in [1.54, 1.807) is 27.9 Å². The molecule has 0 spiro atoms. The fraction of sp³-hybridized carbons (Fsp3) is 0.556. The Balaban J connectivity index is 2.02. The van der Waals surface area contributed by atoms with Gasteiger partial charge in [0.1, 0.15) is 24.2 Å². The number of benzene rings is 2. The van der Waals surface area contributed by atoms with Gasteiger partial charge in [-0.25, -0.2) is 9.13 Å². The molecule has 0 aliphatic heterocycles. The zero-order chi connectivity index (χ0) is 29.4. The lowest BCUT2D eigenvalue weighted by Gasteiger charge is -2.25. The van der Waals surface area contributed by atoms with E-state index in [0.717, 1.165) is 29.9 Å². The van der Waals surface area contributed by atoms with Gasteiger partial charge in [-0.2, -0.15) is 4.31 Å². The molecule has 0 N–H and O–H groups in total. The molecule has 0 aromatic heterocycles. The molecular weight excluding hydrogens is 560 g/mol. The summed E-state index contributed by atoms with van der Waals surface area (Å²) >= 11 is 0. The number of hydrogen-bond acceptors (Lipinski definition) is 11. The Bertz CT molecular complexity index is 1090. The minimum absolute atomic E-state index is 0.0170. The first-order chi connectivity index (χ1) is 19.2. The lowest BCUT2D eigenvalue weighted by Crippen LogP contribution is -2.34. The van der Waals surface area contributed by atoms with Crippen LogP contribution in [0, 0.1) is 0 Å². The summed E-state index contributed by atoms with van der Waals surface area (Å²) in [5, 5.41) is 0. The Labute approximate surface area is 238 Å². The summed E-state index contributed by atoms with van der Waals surface area (Å²) in [6, 6.07) is 15.8. The second kappa shape index (κ2) is 17.9. The molecule has 0 aliphatic carbocycles. The van der Waals surface area contributed by atoms with E-state index in [4.69, 9.17) is 36.6 Å². The quantitative estimate of drug-likeness (QED) is 0.121. The molecule has 2 rings (SSSR count). The van der Waals surface area contributed by atoms with Crippen LogP contribution >= 0.6 is 15.6 Å². The van der Waals surface area contributed by atoms with E-state index in [-0.39, 0.29) is 26.4 Å². The van der Waals surface area contributed by atoms with E-state index in [9.17, 15) is 9.13 Å². The summed E-state index contributed by atoms with van der Waals surface area (Å²) in [6.45, 7) is 5.05. The number of ether oxygens (including phenoxy) is 3. The standard InChI is InChI=1S/C27H43NO10P2/c1-7-34-39(29,35-8-2)38-40(30,36-9-3)37-22-33-26(20-28(4)5)21-32-27-16-11-10-14-24(27)18-17-23-13-12-15-25(19-23)31-6/h10-16,19,26H,7-9,17-18,20-22H2,1-6H3/t26-,40?/m0/s1. The van der Waals surface area contributed by atoms with Crippen molar-refractivity contribution >= 4 is 15.6 Å². The van der Waals surface area contributed by atoms with Crippen molar-refractivity contribution in [2.75, 3.05) is 61.0 Å². The monoisotopic (exact) mass is 603 g/mol. The second-order valence-electron chi connectivity index (χ2n) is 8.80. The maximum absolute atomic E-state index is 13.1. The Morgan fingerprint density at radius 1 is 0.825 bits per heavy atom. The van der Waals surface area contributed by atoms with Gasteiger partial charge in [-0.1, -0.05) is 30.3 Å². The predicted octanol–water partition coefficient (Wildman–Crippen LogP) is 6.12. The highest BCUT2D eigenvalue weighted by Crippen LogP contribution is 2.65. The van der Waals surface area contributed by atoms with Gasteiger partial charge in [0, 0.05) is 6.54 Å². The lowest BCUT2D eigenvalue weighted by atomic mass is 10.0. The van der Waals surface area contributed by atoms with E-state index >= 15 is 0 Å². The van der Waals surface area contributed by atoms with Crippen LogP contribution in [0.4, 0.5) is 0 Å². The number of phosphoric acid groups is 2. The SMILES string of the molecule is CCOP(=O)(OCC)OP(=O)(OCC)OCO[C@H](COc1ccccc1CCc1cccc(OC)c1)CN(C)C. The summed E-state index contributed by atoms with van der Waals surface area (Å²) in [4.78, 5) is 1.93. The normalized spacial score (nSPS) is 14.2. The number of likely N-dealkylation sites (N-methyl/N-ethyl adjacent to an activating group) is 1. The van der Waals surface area contributed by atoms with Crippen LogP contribution in [0.15, 0.2) is 48.5 Å². The van der Waals surface area contributed by atoms with Crippen LogP contribution in [0.3, 0.4) is 0 Å². The molecule has 0 aliphatic rings. The first kappa shape index (κ1) is 34.4. The third-order valence-electron chi connectivity index (χ3n) is 5.36. The van der Waals surface area contributed by atoms with Crippen molar-refractivity contribution in [3.05, 3.63) is 59.7 Å². The Hall–Kier alpha value is -1.78. The molecule has 0 saturated heterocycles. The molecule has 0 saturated carbocycles. The van der Waals surface area contributed by atoms with Gasteiger partial charge in [0.25, 0.3) is 0 Å². The molecule has 13 heteroatoms. The lowest BCUT2D eigenvalue weighted by molar-refractivity contribution is -0.0710. The molecule has 0 fully saturated rings. The van der Waals surface area contributed by atoms with Gasteiger partial charge in [0.15, 0.2) is 6.79 Å². The summed E-state index contributed by atoms with van der Waals surface area (Å²) < 4.78 is 68.9. The highest BCUT2D eigenvalue weighted by atomic mass is 31.3. The summed E-state index contributed by atoms with van der Waals surface area (Å²) in [7, 11) is -3.03. The molecule has 11 nitrogen and oxygen atoms in total. The number of hydrogen-bond donors (Lipinski definition) is 0. The van der Waals surface area contributed by atoms with Gasteiger partial charge in [-0.15, -0.1) is 0 Å². The zero-order valence-corrected chi connectivity index (χ0v) is 26.1. The first-order valence-corrected chi connectivity index (χ1v) is 16.2. The van der Waals surface area contributed by atoms with Crippen molar-refractivity contribution < 1.29 is 45.7 Å². The smallest absolute Gasteiger partial charge is 0.485 e. The number of methoxy groups -OCH3 is 1. The van der Waals surface area contributed by atoms with E-state index in [0.29, 0.717) is 6.54 Å². The van der Waals surface area contributed by atoms with Crippen LogP contribution in [0.5, 0.6) is 11.5 Å². The number of rotatable bonds is 21. The Kier molecular flexibility index (Phi) is 15.4. The minimum Gasteiger partial charge on any atom is -0.497 e. The topological polar surface area (TPSA) is 111 Å². The van der Waals surface area contributed by atoms with Crippen molar-refractivity contribution in [2.24, 2.45) is 0 Å². The van der Waals surface area contributed by atoms with Gasteiger partial charge in [-0.3, -0.25) is 18.1 Å². The van der Waals surface area contributed by atoms with Gasteiger partial charge >= 0.3 is 15.6 Å². The number of para-hydroxylation sites is 1. The summed E-state index contributed by atoms with van der Waals surface area (Å²) in [5.41, 5.74) is 2.22. The maximum atomic E-state index is 13.1. The molecule has 40 heavy (non-hydrogen) atoms. The van der Waals surface area contributed by atoms with Crippen molar-refractivity contribution in [3.63, 3.8) is 0 Å². The van der Waals surface area contributed by atoms with Crippen molar-refractivity contribution in [1.82, 2.24) is 4.90 Å². The van der Waals surface area contributed by atoms with Crippen LogP contribution in [-0.4, -0.2) is 72.0 Å². The van der Waals surface area contributed by atoms with E-state index < -0.39 is 28.5 Å². The molecule has 226 valence electrons. The molecule has 0 heterocycles. The summed E-state index contributed by atoms with van der Waals surface area (Å²) in [6.07, 6.45) is 1.14. The largest absolute Gasteiger partial charge is 0.497 e. The number of nitrogens with zero attached hydrogens (tertiary/aromatic N) is 1. The molecule has 2 atom stereocenters. The van der Waals surface area contributed by atoms with E-state index in [1.165, 1.54) is 5.56 Å². The zero-order valence-electron chi connectivity index (χ0n) is 24.3. The van der Waals surface area contributed by atoms with Crippen LogP contribution in [0.2, 0.25) is 0 Å². The molecular formula is C27H43NO10P2. The molecule has 0 amide bonds. The molecule has 1 unspecified atom stereocenters. The number of phosphoric ester groups is 2. The maximum Gasteiger partial charge on any atom is 0.485 e. The molecule has 0 bridgehead atoms. The number of aryl methyl sites for hydroxylation is 2. The van der Waals surface area contributed by atoms with Crippen LogP contribution in [0.1, 0.15) is 31.9 Å². The summed E-state index contributed by atoms with van der Waals surface area (Å²) in [5.74, 6) is 1.57. The van der Waals surface area contributed by atoms with Gasteiger partial charge in [0.2, 0.25) is 0 Å². The Morgan fingerprint density at radius 2 is 1.48 bits per heavy atom. The molecule has 2 aromatic carbocycles. The van der Waals surface area contributed by atoms with Crippen molar-refractivity contribution in [2.45, 2.75) is 39.7 Å². The fourth-order valence-electron chi connectivity index (χ4n) is 3.66. The van der Waals surface area contributed by atoms with Gasteiger partial charge in [-0.05, 0) is 77.0 Å². The highest BCUT2D eigenvalue weighted by molar-refractivity contribution is 7.62. The van der Waals surface area contributed by atoms with E-state index in [1.807, 2.05) is 61.5 Å². The van der Waals surface area contributed by atoms with Gasteiger partial charge < -0.3 is 19.1 Å². The molecule has 0 radical (unpaired) electrons. The average Bonchev–Trinajstić information content (AvgIpc) is 2.91. The fourth-order valence-corrected chi connectivity index (χ4v) is 6.68. The minimum atomic E-state index is -4.32. The van der Waals surface area contributed by atoms with Crippen molar-refractivity contribution in [1.29, 1.82) is 0 Å². The third-order valence-corrected chi connectivity index (χ3v) is 9.10. The van der Waals surface area contributed by atoms with Crippen molar-refractivity contribution in [3.8, 4) is 11.5 Å². The van der Waals surface area contributed by atoms with Crippen LogP contribution in [-0.2, 0) is 49.1 Å². The molecule has 2 aromatic rings.